The molecule has 1 aliphatic rings. The van der Waals surface area contributed by atoms with E-state index in [4.69, 9.17) is 9.47 Å². The standard InChI is InChI=1S/C15H20BrNO3/c1-8-9(2)20-10(3)14(8)15(18)17-13-7-11(19-4)5-6-12(13)16/h5-10,14H,1-4H3,(H,17,18). The van der Waals surface area contributed by atoms with E-state index in [0.717, 1.165) is 4.47 Å². The Balaban J connectivity index is 2.16. The largest absolute Gasteiger partial charge is 0.497 e. The SMILES string of the molecule is COc1ccc(Br)c(NC(=O)C2C(C)OC(C)C2C)c1. The van der Waals surface area contributed by atoms with Crippen LogP contribution in [0.2, 0.25) is 0 Å². The fraction of sp³-hybridized carbons (Fsp3) is 0.533. The predicted octanol–water partition coefficient (Wildman–Crippen LogP) is 3.46. The van der Waals surface area contributed by atoms with Crippen LogP contribution in [-0.4, -0.2) is 25.2 Å². The highest BCUT2D eigenvalue weighted by atomic mass is 79.9. The van der Waals surface area contributed by atoms with Crippen molar-refractivity contribution in [1.82, 2.24) is 0 Å². The zero-order valence-electron chi connectivity index (χ0n) is 12.1. The monoisotopic (exact) mass is 341 g/mol. The fourth-order valence-electron chi connectivity index (χ4n) is 2.66. The van der Waals surface area contributed by atoms with Crippen molar-refractivity contribution in [3.63, 3.8) is 0 Å². The Morgan fingerprint density at radius 1 is 1.30 bits per heavy atom. The molecule has 20 heavy (non-hydrogen) atoms. The van der Waals surface area contributed by atoms with Crippen LogP contribution in [-0.2, 0) is 9.53 Å². The van der Waals surface area contributed by atoms with Gasteiger partial charge in [0, 0.05) is 10.5 Å². The normalized spacial score (nSPS) is 29.2. The maximum Gasteiger partial charge on any atom is 0.230 e. The van der Waals surface area contributed by atoms with Crippen LogP contribution in [0.1, 0.15) is 20.8 Å². The highest BCUT2D eigenvalue weighted by Gasteiger charge is 2.41. The van der Waals surface area contributed by atoms with E-state index in [9.17, 15) is 4.79 Å². The molecule has 0 bridgehead atoms. The number of anilines is 1. The van der Waals surface area contributed by atoms with Crippen molar-refractivity contribution >= 4 is 27.5 Å². The Bertz CT molecular complexity index is 506. The molecule has 1 aromatic rings. The number of amides is 1. The summed E-state index contributed by atoms with van der Waals surface area (Å²) in [6, 6.07) is 5.50. The summed E-state index contributed by atoms with van der Waals surface area (Å²) in [6.07, 6.45) is 0.0406. The third-order valence-electron chi connectivity index (χ3n) is 3.98. The minimum absolute atomic E-state index is 0.0108. The number of rotatable bonds is 3. The second kappa shape index (κ2) is 6.14. The summed E-state index contributed by atoms with van der Waals surface area (Å²) >= 11 is 3.44. The average Bonchev–Trinajstić information content (AvgIpc) is 2.66. The molecule has 4 nitrogen and oxygen atoms in total. The van der Waals surface area contributed by atoms with Gasteiger partial charge in [0.1, 0.15) is 5.75 Å². The van der Waals surface area contributed by atoms with Crippen molar-refractivity contribution in [3.8, 4) is 5.75 Å². The molecule has 0 saturated carbocycles. The van der Waals surface area contributed by atoms with Crippen LogP contribution >= 0.6 is 15.9 Å². The van der Waals surface area contributed by atoms with Crippen molar-refractivity contribution in [3.05, 3.63) is 22.7 Å². The van der Waals surface area contributed by atoms with E-state index in [2.05, 4.69) is 28.2 Å². The maximum absolute atomic E-state index is 12.5. The first-order valence-electron chi connectivity index (χ1n) is 6.74. The molecule has 0 spiro atoms. The lowest BCUT2D eigenvalue weighted by molar-refractivity contribution is -0.121. The van der Waals surface area contributed by atoms with E-state index in [0.29, 0.717) is 11.4 Å². The van der Waals surface area contributed by atoms with E-state index in [1.165, 1.54) is 0 Å². The van der Waals surface area contributed by atoms with Gasteiger partial charge in [0.05, 0.1) is 30.9 Å². The predicted molar refractivity (Wildman–Crippen MR) is 82.0 cm³/mol. The third-order valence-corrected chi connectivity index (χ3v) is 4.67. The van der Waals surface area contributed by atoms with Gasteiger partial charge in [-0.05, 0) is 47.8 Å². The molecule has 1 heterocycles. The summed E-state index contributed by atoms with van der Waals surface area (Å²) in [5.74, 6) is 0.765. The minimum atomic E-state index is -0.136. The molecule has 1 saturated heterocycles. The smallest absolute Gasteiger partial charge is 0.230 e. The number of hydrogen-bond donors (Lipinski definition) is 1. The molecule has 1 aromatic carbocycles. The fourth-order valence-corrected chi connectivity index (χ4v) is 3.01. The zero-order valence-corrected chi connectivity index (χ0v) is 13.7. The highest BCUT2D eigenvalue weighted by molar-refractivity contribution is 9.10. The van der Waals surface area contributed by atoms with Gasteiger partial charge in [-0.3, -0.25) is 4.79 Å². The molecule has 0 aliphatic carbocycles. The van der Waals surface area contributed by atoms with Crippen molar-refractivity contribution in [2.75, 3.05) is 12.4 Å². The Hall–Kier alpha value is -1.07. The van der Waals surface area contributed by atoms with Gasteiger partial charge >= 0.3 is 0 Å². The van der Waals surface area contributed by atoms with Gasteiger partial charge in [0.25, 0.3) is 0 Å². The number of benzene rings is 1. The van der Waals surface area contributed by atoms with Gasteiger partial charge < -0.3 is 14.8 Å². The summed E-state index contributed by atoms with van der Waals surface area (Å²) < 4.78 is 11.7. The molecule has 0 aromatic heterocycles. The lowest BCUT2D eigenvalue weighted by atomic mass is 9.89. The lowest BCUT2D eigenvalue weighted by Gasteiger charge is -2.18. The van der Waals surface area contributed by atoms with Crippen molar-refractivity contribution in [1.29, 1.82) is 0 Å². The van der Waals surface area contributed by atoms with Gasteiger partial charge in [-0.25, -0.2) is 0 Å². The number of carbonyl (C=O) groups is 1. The zero-order chi connectivity index (χ0) is 14.9. The Kier molecular flexibility index (Phi) is 4.70. The first kappa shape index (κ1) is 15.3. The van der Waals surface area contributed by atoms with E-state index in [-0.39, 0.29) is 30.0 Å². The first-order valence-corrected chi connectivity index (χ1v) is 7.53. The van der Waals surface area contributed by atoms with Gasteiger partial charge in [-0.15, -0.1) is 0 Å². The first-order chi connectivity index (χ1) is 9.43. The molecule has 5 heteroatoms. The highest BCUT2D eigenvalue weighted by Crippen LogP contribution is 2.34. The third kappa shape index (κ3) is 2.99. The van der Waals surface area contributed by atoms with E-state index in [1.54, 1.807) is 13.2 Å². The summed E-state index contributed by atoms with van der Waals surface area (Å²) in [5, 5.41) is 2.96. The van der Waals surface area contributed by atoms with Gasteiger partial charge in [-0.1, -0.05) is 6.92 Å². The second-order valence-corrected chi connectivity index (χ2v) is 6.12. The Morgan fingerprint density at radius 3 is 2.55 bits per heavy atom. The van der Waals surface area contributed by atoms with E-state index >= 15 is 0 Å². The summed E-state index contributed by atoms with van der Waals surface area (Å²) in [7, 11) is 1.60. The van der Waals surface area contributed by atoms with Crippen LogP contribution in [0.25, 0.3) is 0 Å². The van der Waals surface area contributed by atoms with Crippen LogP contribution in [0.3, 0.4) is 0 Å². The quantitative estimate of drug-likeness (QED) is 0.915. The minimum Gasteiger partial charge on any atom is -0.497 e. The van der Waals surface area contributed by atoms with E-state index in [1.807, 2.05) is 26.0 Å². The number of ether oxygens (including phenoxy) is 2. The summed E-state index contributed by atoms with van der Waals surface area (Å²) in [5.41, 5.74) is 0.716. The summed E-state index contributed by atoms with van der Waals surface area (Å²) in [6.45, 7) is 6.01. The van der Waals surface area contributed by atoms with Crippen LogP contribution in [0, 0.1) is 11.8 Å². The molecule has 0 radical (unpaired) electrons. The van der Waals surface area contributed by atoms with Crippen LogP contribution in [0.15, 0.2) is 22.7 Å². The maximum atomic E-state index is 12.5. The van der Waals surface area contributed by atoms with Crippen LogP contribution in [0.4, 0.5) is 5.69 Å². The van der Waals surface area contributed by atoms with Gasteiger partial charge in [0.2, 0.25) is 5.91 Å². The molecule has 2 rings (SSSR count). The molecule has 4 unspecified atom stereocenters. The molecule has 110 valence electrons. The average molecular weight is 342 g/mol. The molecular formula is C15H20BrNO3. The number of carbonyl (C=O) groups excluding carboxylic acids is 1. The number of hydrogen-bond acceptors (Lipinski definition) is 3. The lowest BCUT2D eigenvalue weighted by Crippen LogP contribution is -2.32. The summed E-state index contributed by atoms with van der Waals surface area (Å²) in [4.78, 5) is 12.5. The van der Waals surface area contributed by atoms with Crippen LogP contribution in [0.5, 0.6) is 5.75 Å². The van der Waals surface area contributed by atoms with Crippen molar-refractivity contribution in [2.24, 2.45) is 11.8 Å². The number of halogens is 1. The molecule has 4 atom stereocenters. The molecule has 1 N–H and O–H groups in total. The molecule has 1 aliphatic heterocycles. The topological polar surface area (TPSA) is 47.6 Å². The van der Waals surface area contributed by atoms with Crippen molar-refractivity contribution in [2.45, 2.75) is 33.0 Å². The second-order valence-electron chi connectivity index (χ2n) is 5.27. The number of methoxy groups -OCH3 is 1. The number of nitrogens with one attached hydrogen (secondary N) is 1. The van der Waals surface area contributed by atoms with Crippen molar-refractivity contribution < 1.29 is 14.3 Å². The van der Waals surface area contributed by atoms with Gasteiger partial charge in [0.15, 0.2) is 0 Å². The molecule has 1 amide bonds. The molecular weight excluding hydrogens is 322 g/mol. The van der Waals surface area contributed by atoms with Gasteiger partial charge in [-0.2, -0.15) is 0 Å². The van der Waals surface area contributed by atoms with Crippen LogP contribution < -0.4 is 10.1 Å². The Labute approximate surface area is 128 Å². The molecule has 1 fully saturated rings. The van der Waals surface area contributed by atoms with E-state index < -0.39 is 0 Å². The Morgan fingerprint density at radius 2 is 2.00 bits per heavy atom.